The van der Waals surface area contributed by atoms with Gasteiger partial charge >= 0.3 is 5.69 Å². The summed E-state index contributed by atoms with van der Waals surface area (Å²) < 4.78 is 6.01. The third-order valence-electron chi connectivity index (χ3n) is 4.39. The van der Waals surface area contributed by atoms with Crippen LogP contribution in [0.25, 0.3) is 0 Å². The summed E-state index contributed by atoms with van der Waals surface area (Å²) >= 11 is 0. The van der Waals surface area contributed by atoms with Crippen LogP contribution in [0.3, 0.4) is 0 Å². The van der Waals surface area contributed by atoms with Crippen LogP contribution in [0.2, 0.25) is 0 Å². The number of rotatable bonds is 2. The first-order valence-electron chi connectivity index (χ1n) is 7.13. The Morgan fingerprint density at radius 3 is 2.60 bits per heavy atom. The maximum atomic E-state index is 11.2. The van der Waals surface area contributed by atoms with Crippen molar-refractivity contribution in [3.8, 4) is 5.75 Å². The molecule has 1 aromatic carbocycles. The summed E-state index contributed by atoms with van der Waals surface area (Å²) in [6.45, 7) is 8.15. The predicted molar refractivity (Wildman–Crippen MR) is 76.1 cm³/mol. The highest BCUT2D eigenvalue weighted by molar-refractivity contribution is 5.59. The van der Waals surface area contributed by atoms with Gasteiger partial charge in [0.1, 0.15) is 5.60 Å². The predicted octanol–water partition coefficient (Wildman–Crippen LogP) is 3.21. The molecule has 108 valence electrons. The van der Waals surface area contributed by atoms with Crippen molar-refractivity contribution >= 4 is 5.69 Å². The Kier molecular flexibility index (Phi) is 2.97. The van der Waals surface area contributed by atoms with Crippen LogP contribution < -0.4 is 4.74 Å². The number of benzene rings is 1. The minimum atomic E-state index is -0.427. The lowest BCUT2D eigenvalue weighted by molar-refractivity contribution is -0.386. The van der Waals surface area contributed by atoms with Crippen LogP contribution in [-0.4, -0.2) is 28.5 Å². The molecule has 5 heteroatoms. The van der Waals surface area contributed by atoms with Crippen molar-refractivity contribution in [3.63, 3.8) is 0 Å². The maximum Gasteiger partial charge on any atom is 0.311 e. The molecule has 1 saturated heterocycles. The van der Waals surface area contributed by atoms with Crippen LogP contribution in [0.5, 0.6) is 5.75 Å². The number of ether oxygens (including phenoxy) is 1. The van der Waals surface area contributed by atoms with E-state index in [2.05, 4.69) is 4.90 Å². The molecule has 0 aliphatic carbocycles. The largest absolute Gasteiger partial charge is 0.479 e. The van der Waals surface area contributed by atoms with Gasteiger partial charge in [-0.3, -0.25) is 15.0 Å². The molecule has 3 rings (SSSR count). The Balaban J connectivity index is 2.15. The molecule has 0 saturated carbocycles. The highest BCUT2D eigenvalue weighted by Crippen LogP contribution is 2.52. The van der Waals surface area contributed by atoms with Crippen molar-refractivity contribution in [2.75, 3.05) is 13.1 Å². The number of nitrogens with zero attached hydrogens (tertiary/aromatic N) is 2. The monoisotopic (exact) mass is 276 g/mol. The van der Waals surface area contributed by atoms with Crippen molar-refractivity contribution in [1.29, 1.82) is 0 Å². The first-order valence-corrected chi connectivity index (χ1v) is 7.13. The van der Waals surface area contributed by atoms with Gasteiger partial charge in [-0.25, -0.2) is 0 Å². The van der Waals surface area contributed by atoms with Crippen molar-refractivity contribution < 1.29 is 9.66 Å². The first kappa shape index (κ1) is 13.4. The van der Waals surface area contributed by atoms with E-state index in [4.69, 9.17) is 4.74 Å². The van der Waals surface area contributed by atoms with Gasteiger partial charge < -0.3 is 4.74 Å². The van der Waals surface area contributed by atoms with Gasteiger partial charge in [-0.05, 0) is 52.3 Å². The molecule has 0 bridgehead atoms. The lowest BCUT2D eigenvalue weighted by Gasteiger charge is -2.33. The van der Waals surface area contributed by atoms with Crippen LogP contribution in [0.1, 0.15) is 43.9 Å². The second-order valence-electron chi connectivity index (χ2n) is 6.25. The van der Waals surface area contributed by atoms with E-state index < -0.39 is 5.60 Å². The zero-order valence-corrected chi connectivity index (χ0v) is 12.2. The van der Waals surface area contributed by atoms with Gasteiger partial charge in [0.15, 0.2) is 0 Å². The highest BCUT2D eigenvalue weighted by Gasteiger charge is 2.48. The van der Waals surface area contributed by atoms with Crippen LogP contribution in [0.15, 0.2) is 12.1 Å². The number of hydrogen-bond donors (Lipinski definition) is 0. The maximum absolute atomic E-state index is 11.2. The van der Waals surface area contributed by atoms with Gasteiger partial charge in [-0.1, -0.05) is 6.07 Å². The summed E-state index contributed by atoms with van der Waals surface area (Å²) in [4.78, 5) is 13.3. The zero-order valence-electron chi connectivity index (χ0n) is 12.2. The van der Waals surface area contributed by atoms with E-state index in [0.29, 0.717) is 5.75 Å². The van der Waals surface area contributed by atoms with Crippen molar-refractivity contribution in [3.05, 3.63) is 33.4 Å². The molecule has 0 amide bonds. The standard InChI is InChI=1S/C15H20N2O3/c1-10-6-7-11(17(18)19)13-12(10)14(15(2,3)20-13)16-8-4-5-9-16/h6-7,14H,4-5,8-9H2,1-3H3. The summed E-state index contributed by atoms with van der Waals surface area (Å²) in [6, 6.07) is 3.50. The molecule has 1 aromatic rings. The number of nitro benzene ring substituents is 1. The van der Waals surface area contributed by atoms with E-state index in [-0.39, 0.29) is 16.7 Å². The number of nitro groups is 1. The van der Waals surface area contributed by atoms with Gasteiger partial charge in [-0.15, -0.1) is 0 Å². The fraction of sp³-hybridized carbons (Fsp3) is 0.600. The quantitative estimate of drug-likeness (QED) is 0.615. The fourth-order valence-electron chi connectivity index (χ4n) is 3.57. The molecule has 0 aromatic heterocycles. The van der Waals surface area contributed by atoms with E-state index >= 15 is 0 Å². The highest BCUT2D eigenvalue weighted by atomic mass is 16.6. The SMILES string of the molecule is Cc1ccc([N+](=O)[O-])c2c1C(N1CCCC1)C(C)(C)O2. The smallest absolute Gasteiger partial charge is 0.311 e. The molecule has 5 nitrogen and oxygen atoms in total. The first-order chi connectivity index (χ1) is 9.42. The van der Waals surface area contributed by atoms with E-state index in [9.17, 15) is 10.1 Å². The number of fused-ring (bicyclic) bond motifs is 1. The molecule has 20 heavy (non-hydrogen) atoms. The van der Waals surface area contributed by atoms with Gasteiger partial charge in [0.2, 0.25) is 5.75 Å². The summed E-state index contributed by atoms with van der Waals surface area (Å²) in [5, 5.41) is 11.2. The Bertz CT molecular complexity index is 562. The minimum Gasteiger partial charge on any atom is -0.479 e. The molecular formula is C15H20N2O3. The Hall–Kier alpha value is -1.62. The molecule has 0 radical (unpaired) electrons. The lowest BCUT2D eigenvalue weighted by Crippen LogP contribution is -2.41. The number of hydrogen-bond acceptors (Lipinski definition) is 4. The van der Waals surface area contributed by atoms with E-state index in [1.165, 1.54) is 12.8 Å². The normalized spacial score (nSPS) is 24.4. The third-order valence-corrected chi connectivity index (χ3v) is 4.39. The lowest BCUT2D eigenvalue weighted by atomic mass is 9.90. The van der Waals surface area contributed by atoms with Crippen LogP contribution >= 0.6 is 0 Å². The summed E-state index contributed by atoms with van der Waals surface area (Å²) in [5.74, 6) is 0.469. The van der Waals surface area contributed by atoms with Crippen molar-refractivity contribution in [2.45, 2.75) is 45.3 Å². The second-order valence-corrected chi connectivity index (χ2v) is 6.25. The van der Waals surface area contributed by atoms with Gasteiger partial charge in [0.05, 0.1) is 11.0 Å². The molecule has 2 aliphatic rings. The Morgan fingerprint density at radius 1 is 1.35 bits per heavy atom. The second kappa shape index (κ2) is 4.45. The topological polar surface area (TPSA) is 55.6 Å². The molecule has 1 atom stereocenters. The van der Waals surface area contributed by atoms with Crippen molar-refractivity contribution in [1.82, 2.24) is 4.90 Å². The van der Waals surface area contributed by atoms with Crippen LogP contribution in [0, 0.1) is 17.0 Å². The summed E-state index contributed by atoms with van der Waals surface area (Å²) in [6.07, 6.45) is 2.38. The molecule has 1 fully saturated rings. The van der Waals surface area contributed by atoms with Crippen LogP contribution in [-0.2, 0) is 0 Å². The minimum absolute atomic E-state index is 0.0837. The van der Waals surface area contributed by atoms with E-state index in [1.807, 2.05) is 26.8 Å². The van der Waals surface area contributed by atoms with Crippen molar-refractivity contribution in [2.24, 2.45) is 0 Å². The molecule has 1 unspecified atom stereocenters. The summed E-state index contributed by atoms with van der Waals surface area (Å²) in [7, 11) is 0. The Labute approximate surface area is 118 Å². The van der Waals surface area contributed by atoms with Crippen LogP contribution in [0.4, 0.5) is 5.69 Å². The summed E-state index contributed by atoms with van der Waals surface area (Å²) in [5.41, 5.74) is 1.74. The molecular weight excluding hydrogens is 256 g/mol. The average Bonchev–Trinajstić information content (AvgIpc) is 2.93. The van der Waals surface area contributed by atoms with E-state index in [1.54, 1.807) is 6.07 Å². The number of likely N-dealkylation sites (tertiary alicyclic amines) is 1. The molecule has 2 heterocycles. The molecule has 0 N–H and O–H groups in total. The average molecular weight is 276 g/mol. The van der Waals surface area contributed by atoms with Gasteiger partial charge in [0, 0.05) is 11.6 Å². The zero-order chi connectivity index (χ0) is 14.5. The fourth-order valence-corrected chi connectivity index (χ4v) is 3.57. The number of aryl methyl sites for hydroxylation is 1. The Morgan fingerprint density at radius 2 is 2.00 bits per heavy atom. The van der Waals surface area contributed by atoms with Gasteiger partial charge in [-0.2, -0.15) is 0 Å². The van der Waals surface area contributed by atoms with E-state index in [0.717, 1.165) is 24.2 Å². The third kappa shape index (κ3) is 1.88. The molecule has 0 spiro atoms. The van der Waals surface area contributed by atoms with Gasteiger partial charge in [0.25, 0.3) is 0 Å². The molecule has 2 aliphatic heterocycles.